The molecule has 2 rings (SSSR count). The van der Waals surface area contributed by atoms with Crippen molar-refractivity contribution in [2.45, 2.75) is 39.0 Å². The van der Waals surface area contributed by atoms with Gasteiger partial charge >= 0.3 is 0 Å². The number of carbonyl (C=O) groups is 2. The number of piperidine rings is 1. The van der Waals surface area contributed by atoms with Gasteiger partial charge in [0.2, 0.25) is 5.91 Å². The van der Waals surface area contributed by atoms with Crippen molar-refractivity contribution in [3.05, 3.63) is 35.4 Å². The summed E-state index contributed by atoms with van der Waals surface area (Å²) in [5.74, 6) is -3.42. The van der Waals surface area contributed by atoms with Crippen LogP contribution in [0.3, 0.4) is 0 Å². The van der Waals surface area contributed by atoms with Crippen molar-refractivity contribution in [2.24, 2.45) is 5.92 Å². The van der Waals surface area contributed by atoms with Crippen LogP contribution in [0.4, 0.5) is 8.78 Å². The van der Waals surface area contributed by atoms with Gasteiger partial charge in [0.25, 0.3) is 0 Å². The van der Waals surface area contributed by atoms with Crippen LogP contribution in [0.15, 0.2) is 18.2 Å². The molecule has 0 bridgehead atoms. The summed E-state index contributed by atoms with van der Waals surface area (Å²) in [5.41, 5.74) is -0.279. The summed E-state index contributed by atoms with van der Waals surface area (Å²) >= 11 is 0. The summed E-state index contributed by atoms with van der Waals surface area (Å²) in [4.78, 5) is 26.1. The number of benzene rings is 1. The number of Topliss-reactive ketones (excluding diaryl/α,β-unsaturated/α-hetero) is 1. The van der Waals surface area contributed by atoms with Crippen LogP contribution in [0, 0.1) is 17.6 Å². The number of carbonyl (C=O) groups excluding carboxylic acids is 2. The summed E-state index contributed by atoms with van der Waals surface area (Å²) in [5, 5.41) is 0. The first-order valence-corrected chi connectivity index (χ1v) is 11.0. The van der Waals surface area contributed by atoms with Crippen LogP contribution in [0.2, 0.25) is 0 Å². The number of unbranched alkanes of at least 4 members (excludes halogenated alkanes) is 2. The topological polar surface area (TPSA) is 71.5 Å². The zero-order valence-electron chi connectivity index (χ0n) is 15.4. The van der Waals surface area contributed by atoms with Crippen molar-refractivity contribution >= 4 is 21.5 Å². The molecule has 0 aromatic heterocycles. The summed E-state index contributed by atoms with van der Waals surface area (Å²) in [6, 6.07) is 2.76. The van der Waals surface area contributed by atoms with Gasteiger partial charge in [0.05, 0.1) is 11.3 Å². The van der Waals surface area contributed by atoms with E-state index < -0.39 is 44.8 Å². The van der Waals surface area contributed by atoms with Crippen molar-refractivity contribution in [1.82, 2.24) is 4.90 Å². The van der Waals surface area contributed by atoms with Gasteiger partial charge in [-0.15, -0.1) is 0 Å². The Balaban J connectivity index is 1.90. The van der Waals surface area contributed by atoms with Gasteiger partial charge in [0.15, 0.2) is 15.6 Å². The van der Waals surface area contributed by atoms with E-state index in [1.807, 2.05) is 6.92 Å². The van der Waals surface area contributed by atoms with Crippen LogP contribution in [-0.4, -0.2) is 49.6 Å². The van der Waals surface area contributed by atoms with Gasteiger partial charge in [0.1, 0.15) is 17.4 Å². The minimum atomic E-state index is -3.44. The number of rotatable bonds is 8. The van der Waals surface area contributed by atoms with Gasteiger partial charge < -0.3 is 4.90 Å². The Bertz CT molecular complexity index is 787. The second kappa shape index (κ2) is 9.39. The lowest BCUT2D eigenvalue weighted by Gasteiger charge is -2.31. The SMILES string of the molecule is CCCCCS(=O)(=O)CC(=O)N1CCC(C(=O)c2cc(F)ccc2F)CC1. The van der Waals surface area contributed by atoms with Crippen LogP contribution in [-0.2, 0) is 14.6 Å². The van der Waals surface area contributed by atoms with E-state index in [9.17, 15) is 26.8 Å². The average molecular weight is 401 g/mol. The number of nitrogens with zero attached hydrogens (tertiary/aromatic N) is 1. The number of likely N-dealkylation sites (tertiary alicyclic amines) is 1. The highest BCUT2D eigenvalue weighted by molar-refractivity contribution is 7.92. The molecule has 0 unspecified atom stereocenters. The van der Waals surface area contributed by atoms with E-state index in [2.05, 4.69) is 0 Å². The van der Waals surface area contributed by atoms with E-state index in [-0.39, 0.29) is 24.4 Å². The Morgan fingerprint density at radius 3 is 2.44 bits per heavy atom. The van der Waals surface area contributed by atoms with Crippen LogP contribution >= 0.6 is 0 Å². The molecular weight excluding hydrogens is 376 g/mol. The summed E-state index contributed by atoms with van der Waals surface area (Å²) in [7, 11) is -3.44. The number of ketones is 1. The number of sulfone groups is 1. The van der Waals surface area contributed by atoms with Gasteiger partial charge in [-0.1, -0.05) is 19.8 Å². The average Bonchev–Trinajstić information content (AvgIpc) is 2.63. The Morgan fingerprint density at radius 2 is 1.81 bits per heavy atom. The maximum atomic E-state index is 13.8. The molecule has 0 saturated carbocycles. The van der Waals surface area contributed by atoms with Crippen molar-refractivity contribution in [1.29, 1.82) is 0 Å². The molecule has 150 valence electrons. The molecule has 0 spiro atoms. The molecule has 0 radical (unpaired) electrons. The van der Waals surface area contributed by atoms with Crippen molar-refractivity contribution in [3.63, 3.8) is 0 Å². The molecule has 1 heterocycles. The first kappa shape index (κ1) is 21.5. The van der Waals surface area contributed by atoms with Crippen molar-refractivity contribution in [2.75, 3.05) is 24.6 Å². The number of hydrogen-bond acceptors (Lipinski definition) is 4. The van der Waals surface area contributed by atoms with Crippen LogP contribution in [0.1, 0.15) is 49.4 Å². The number of halogens is 2. The van der Waals surface area contributed by atoms with Gasteiger partial charge in [0, 0.05) is 19.0 Å². The smallest absolute Gasteiger partial charge is 0.237 e. The zero-order chi connectivity index (χ0) is 20.0. The highest BCUT2D eigenvalue weighted by atomic mass is 32.2. The third-order valence-electron chi connectivity index (χ3n) is 4.81. The highest BCUT2D eigenvalue weighted by Crippen LogP contribution is 2.24. The molecule has 1 saturated heterocycles. The molecule has 1 aliphatic heterocycles. The first-order chi connectivity index (χ1) is 12.7. The molecule has 0 atom stereocenters. The van der Waals surface area contributed by atoms with Crippen molar-refractivity contribution < 1.29 is 26.8 Å². The second-order valence-electron chi connectivity index (χ2n) is 6.94. The van der Waals surface area contributed by atoms with E-state index >= 15 is 0 Å². The van der Waals surface area contributed by atoms with E-state index in [0.717, 1.165) is 31.0 Å². The third kappa shape index (κ3) is 6.09. The summed E-state index contributed by atoms with van der Waals surface area (Å²) < 4.78 is 51.1. The van der Waals surface area contributed by atoms with E-state index in [4.69, 9.17) is 0 Å². The van der Waals surface area contributed by atoms with Crippen molar-refractivity contribution in [3.8, 4) is 0 Å². The molecule has 1 amide bonds. The third-order valence-corrected chi connectivity index (χ3v) is 6.41. The Morgan fingerprint density at radius 1 is 1.15 bits per heavy atom. The van der Waals surface area contributed by atoms with Crippen LogP contribution in [0.5, 0.6) is 0 Å². The lowest BCUT2D eigenvalue weighted by molar-refractivity contribution is -0.129. The molecule has 0 aliphatic carbocycles. The number of hydrogen-bond donors (Lipinski definition) is 0. The quantitative estimate of drug-likeness (QED) is 0.496. The monoisotopic (exact) mass is 401 g/mol. The predicted octanol–water partition coefficient (Wildman–Crippen LogP) is 2.99. The van der Waals surface area contributed by atoms with Gasteiger partial charge in [-0.3, -0.25) is 9.59 Å². The van der Waals surface area contributed by atoms with Crippen LogP contribution < -0.4 is 0 Å². The molecule has 1 aliphatic rings. The molecule has 1 fully saturated rings. The Hall–Kier alpha value is -1.83. The van der Waals surface area contributed by atoms with Gasteiger partial charge in [-0.05, 0) is 37.5 Å². The van der Waals surface area contributed by atoms with Gasteiger partial charge in [-0.2, -0.15) is 0 Å². The van der Waals surface area contributed by atoms with E-state index in [0.29, 0.717) is 19.3 Å². The highest BCUT2D eigenvalue weighted by Gasteiger charge is 2.30. The first-order valence-electron chi connectivity index (χ1n) is 9.21. The molecule has 27 heavy (non-hydrogen) atoms. The second-order valence-corrected chi connectivity index (χ2v) is 9.13. The lowest BCUT2D eigenvalue weighted by Crippen LogP contribution is -2.43. The molecule has 5 nitrogen and oxygen atoms in total. The fourth-order valence-electron chi connectivity index (χ4n) is 3.22. The maximum absolute atomic E-state index is 13.8. The Labute approximate surface area is 158 Å². The molecular formula is C19H25F2NO4S. The Kier molecular flexibility index (Phi) is 7.47. The lowest BCUT2D eigenvalue weighted by atomic mass is 9.88. The molecule has 1 aromatic rings. The normalized spacial score (nSPS) is 15.7. The maximum Gasteiger partial charge on any atom is 0.237 e. The fraction of sp³-hybridized carbons (Fsp3) is 0.579. The predicted molar refractivity (Wildman–Crippen MR) is 98.2 cm³/mol. The minimum Gasteiger partial charge on any atom is -0.342 e. The largest absolute Gasteiger partial charge is 0.342 e. The van der Waals surface area contributed by atoms with Crippen LogP contribution in [0.25, 0.3) is 0 Å². The number of amides is 1. The van der Waals surface area contributed by atoms with Gasteiger partial charge in [-0.25, -0.2) is 17.2 Å². The van der Waals surface area contributed by atoms with E-state index in [1.54, 1.807) is 0 Å². The summed E-state index contributed by atoms with van der Waals surface area (Å²) in [6.45, 7) is 2.44. The standard InChI is InChI=1S/C19H25F2NO4S/c1-2-3-4-11-27(25,26)13-18(23)22-9-7-14(8-10-22)19(24)16-12-15(20)5-6-17(16)21/h5-6,12,14H,2-4,7-11,13H2,1H3. The zero-order valence-corrected chi connectivity index (χ0v) is 16.2. The molecule has 1 aromatic carbocycles. The molecule has 8 heteroatoms. The fourth-order valence-corrected chi connectivity index (χ4v) is 4.57. The van der Waals surface area contributed by atoms with E-state index in [1.165, 1.54) is 4.90 Å². The minimum absolute atomic E-state index is 0.000376. The summed E-state index contributed by atoms with van der Waals surface area (Å²) in [6.07, 6.45) is 2.85. The molecule has 0 N–H and O–H groups in total.